The van der Waals surface area contributed by atoms with Crippen molar-refractivity contribution in [3.05, 3.63) is 35.9 Å². The molecule has 5 atom stereocenters. The Labute approximate surface area is 252 Å². The molecule has 42 heavy (non-hydrogen) atoms. The van der Waals surface area contributed by atoms with Crippen molar-refractivity contribution in [3.63, 3.8) is 0 Å². The molecule has 1 heterocycles. The number of hydrogen-bond donors (Lipinski definition) is 3. The van der Waals surface area contributed by atoms with E-state index in [1.54, 1.807) is 13.8 Å². The van der Waals surface area contributed by atoms with Crippen LogP contribution in [-0.4, -0.2) is 54.0 Å². The Bertz CT molecular complexity index is 1010. The number of aryl methyl sites for hydroxylation is 1. The number of rotatable bonds is 15. The van der Waals surface area contributed by atoms with Gasteiger partial charge in [0.25, 0.3) is 0 Å². The van der Waals surface area contributed by atoms with Gasteiger partial charge in [-0.15, -0.1) is 0 Å². The van der Waals surface area contributed by atoms with Crippen LogP contribution < -0.4 is 10.6 Å². The summed E-state index contributed by atoms with van der Waals surface area (Å²) in [5.74, 6) is -2.93. The van der Waals surface area contributed by atoms with Crippen molar-refractivity contribution in [1.82, 2.24) is 10.6 Å². The fourth-order valence-corrected chi connectivity index (χ4v) is 6.33. The van der Waals surface area contributed by atoms with Gasteiger partial charge in [0.15, 0.2) is 5.79 Å². The second-order valence-electron chi connectivity index (χ2n) is 13.6. The van der Waals surface area contributed by atoms with Gasteiger partial charge in [-0.3, -0.25) is 14.4 Å². The van der Waals surface area contributed by atoms with Crippen LogP contribution in [0.4, 0.5) is 0 Å². The van der Waals surface area contributed by atoms with E-state index in [4.69, 9.17) is 9.47 Å². The second-order valence-corrected chi connectivity index (χ2v) is 13.6. The quantitative estimate of drug-likeness (QED) is 0.221. The molecule has 236 valence electrons. The third-order valence-corrected chi connectivity index (χ3v) is 8.99. The molecule has 0 aromatic heterocycles. The minimum absolute atomic E-state index is 0.0356. The average Bonchev–Trinajstić information content (AvgIpc) is 2.94. The first-order chi connectivity index (χ1) is 19.9. The van der Waals surface area contributed by atoms with Gasteiger partial charge >= 0.3 is 5.97 Å². The lowest BCUT2D eigenvalue weighted by molar-refractivity contribution is -0.304. The van der Waals surface area contributed by atoms with E-state index in [1.807, 2.05) is 32.0 Å². The van der Waals surface area contributed by atoms with Crippen molar-refractivity contribution in [2.45, 2.75) is 123 Å². The maximum Gasteiger partial charge on any atom is 0.308 e. The van der Waals surface area contributed by atoms with E-state index in [1.165, 1.54) is 12.0 Å². The normalized spacial score (nSPS) is 24.7. The molecule has 0 spiro atoms. The van der Waals surface area contributed by atoms with Crippen molar-refractivity contribution in [3.8, 4) is 0 Å². The van der Waals surface area contributed by atoms with Gasteiger partial charge in [0, 0.05) is 23.9 Å². The first-order valence-electron chi connectivity index (χ1n) is 16.1. The number of hydrogen-bond acceptors (Lipinski definition) is 5. The van der Waals surface area contributed by atoms with Crippen LogP contribution in [0.25, 0.3) is 0 Å². The molecule has 8 heteroatoms. The number of ether oxygens (including phenoxy) is 2. The Morgan fingerprint density at radius 3 is 2.45 bits per heavy atom. The first-order valence-corrected chi connectivity index (χ1v) is 16.1. The highest BCUT2D eigenvalue weighted by Crippen LogP contribution is 2.35. The number of carboxylic acid groups (broad SMARTS) is 1. The van der Waals surface area contributed by atoms with Crippen molar-refractivity contribution in [1.29, 1.82) is 0 Å². The molecule has 2 amide bonds. The Balaban J connectivity index is 1.58. The highest BCUT2D eigenvalue weighted by molar-refractivity contribution is 5.82. The van der Waals surface area contributed by atoms with Crippen LogP contribution in [0.3, 0.4) is 0 Å². The molecule has 1 aliphatic heterocycles. The summed E-state index contributed by atoms with van der Waals surface area (Å²) in [5.41, 5.74) is 0.706. The van der Waals surface area contributed by atoms with Crippen LogP contribution in [0, 0.1) is 23.2 Å². The van der Waals surface area contributed by atoms with E-state index >= 15 is 0 Å². The molecule has 1 aliphatic carbocycles. The summed E-state index contributed by atoms with van der Waals surface area (Å²) in [7, 11) is 0. The summed E-state index contributed by atoms with van der Waals surface area (Å²) < 4.78 is 11.7. The van der Waals surface area contributed by atoms with Crippen LogP contribution in [0.2, 0.25) is 0 Å². The average molecular weight is 587 g/mol. The molecule has 0 radical (unpaired) electrons. The molecule has 3 N–H and O–H groups in total. The summed E-state index contributed by atoms with van der Waals surface area (Å²) in [5, 5.41) is 16.3. The molecule has 0 bridgehead atoms. The van der Waals surface area contributed by atoms with Gasteiger partial charge in [-0.1, -0.05) is 83.2 Å². The lowest BCUT2D eigenvalue weighted by atomic mass is 9.77. The Hall–Kier alpha value is -2.45. The van der Waals surface area contributed by atoms with E-state index < -0.39 is 29.2 Å². The summed E-state index contributed by atoms with van der Waals surface area (Å²) in [6, 6.07) is 10.2. The molecular weight excluding hydrogens is 532 g/mol. The van der Waals surface area contributed by atoms with Crippen molar-refractivity contribution in [2.75, 3.05) is 13.2 Å². The molecule has 1 aromatic carbocycles. The molecule has 1 aromatic rings. The van der Waals surface area contributed by atoms with E-state index in [9.17, 15) is 19.5 Å². The Morgan fingerprint density at radius 1 is 1.02 bits per heavy atom. The Kier molecular flexibility index (Phi) is 12.9. The number of nitrogens with one attached hydrogen (secondary N) is 2. The van der Waals surface area contributed by atoms with E-state index in [0.717, 1.165) is 57.8 Å². The predicted octanol–water partition coefficient (Wildman–Crippen LogP) is 5.88. The molecule has 3 rings (SSSR count). The van der Waals surface area contributed by atoms with Gasteiger partial charge in [0.2, 0.25) is 11.8 Å². The lowest BCUT2D eigenvalue weighted by Crippen LogP contribution is -2.57. The maximum absolute atomic E-state index is 13.5. The smallest absolute Gasteiger partial charge is 0.308 e. The number of unbranched alkanes of at least 4 members (excludes halogenated alkanes) is 3. The lowest BCUT2D eigenvalue weighted by Gasteiger charge is -2.45. The summed E-state index contributed by atoms with van der Waals surface area (Å²) in [6.07, 6.45) is 9.40. The largest absolute Gasteiger partial charge is 0.481 e. The summed E-state index contributed by atoms with van der Waals surface area (Å²) in [6.45, 7) is 9.96. The van der Waals surface area contributed by atoms with Gasteiger partial charge in [-0.2, -0.15) is 0 Å². The second kappa shape index (κ2) is 15.9. The third-order valence-electron chi connectivity index (χ3n) is 8.99. The van der Waals surface area contributed by atoms with E-state index in [-0.39, 0.29) is 36.2 Å². The topological polar surface area (TPSA) is 114 Å². The molecular formula is C34H54N2O6. The monoisotopic (exact) mass is 586 g/mol. The van der Waals surface area contributed by atoms with Gasteiger partial charge in [-0.25, -0.2) is 0 Å². The van der Waals surface area contributed by atoms with Crippen LogP contribution in [0.15, 0.2) is 30.3 Å². The minimum atomic E-state index is -0.920. The molecule has 5 unspecified atom stereocenters. The highest BCUT2D eigenvalue weighted by Gasteiger charge is 2.46. The molecule has 2 aliphatic rings. The molecule has 1 saturated heterocycles. The van der Waals surface area contributed by atoms with Crippen LogP contribution >= 0.6 is 0 Å². The minimum Gasteiger partial charge on any atom is -0.481 e. The van der Waals surface area contributed by atoms with Crippen molar-refractivity contribution in [2.24, 2.45) is 23.2 Å². The van der Waals surface area contributed by atoms with Crippen LogP contribution in [0.5, 0.6) is 0 Å². The van der Waals surface area contributed by atoms with E-state index in [0.29, 0.717) is 13.0 Å². The number of benzene rings is 1. The highest BCUT2D eigenvalue weighted by atomic mass is 16.7. The third kappa shape index (κ3) is 10.4. The molecule has 8 nitrogen and oxygen atoms in total. The zero-order valence-corrected chi connectivity index (χ0v) is 26.5. The van der Waals surface area contributed by atoms with Gasteiger partial charge < -0.3 is 25.2 Å². The zero-order chi connectivity index (χ0) is 30.8. The Morgan fingerprint density at radius 2 is 1.76 bits per heavy atom. The van der Waals surface area contributed by atoms with Crippen LogP contribution in [0.1, 0.15) is 104 Å². The van der Waals surface area contributed by atoms with Gasteiger partial charge in [0.1, 0.15) is 6.10 Å². The van der Waals surface area contributed by atoms with Crippen molar-refractivity contribution < 1.29 is 29.0 Å². The maximum atomic E-state index is 13.5. The fraction of sp³-hybridized carbons (Fsp3) is 0.735. The van der Waals surface area contributed by atoms with Crippen LogP contribution in [-0.2, 0) is 30.3 Å². The van der Waals surface area contributed by atoms with Crippen molar-refractivity contribution >= 4 is 17.8 Å². The number of amides is 2. The molecule has 1 saturated carbocycles. The first kappa shape index (κ1) is 34.0. The number of aliphatic carboxylic acids is 1. The zero-order valence-electron chi connectivity index (χ0n) is 26.5. The number of carbonyl (C=O) groups excluding carboxylic acids is 2. The summed E-state index contributed by atoms with van der Waals surface area (Å²) >= 11 is 0. The number of carbonyl (C=O) groups is 3. The molecule has 2 fully saturated rings. The predicted molar refractivity (Wildman–Crippen MR) is 164 cm³/mol. The number of carboxylic acids is 1. The van der Waals surface area contributed by atoms with Gasteiger partial charge in [-0.05, 0) is 63.9 Å². The SMILES string of the molecule is CCCCCCC(CCc1ccccc1)C(=O)NC1CCCC(C(CNC(=O)C2OC(C)(C)OCC2(C)C)C(=O)O)C1. The summed E-state index contributed by atoms with van der Waals surface area (Å²) in [4.78, 5) is 39.0. The standard InChI is InChI=1S/C34H54N2O6/c1-6-7-8-12-16-25(20-19-24-14-10-9-11-15-24)30(37)36-27-18-13-17-26(21-27)28(32(39)40)22-35-31(38)29-33(2,3)23-41-34(4,5)42-29/h9-11,14-15,25-29H,6-8,12-13,16-23H2,1-5H3,(H,35,38)(H,36,37)(H,39,40). The van der Waals surface area contributed by atoms with E-state index in [2.05, 4.69) is 29.7 Å². The van der Waals surface area contributed by atoms with Gasteiger partial charge in [0.05, 0.1) is 12.5 Å². The fourth-order valence-electron chi connectivity index (χ4n) is 6.33.